The van der Waals surface area contributed by atoms with Gasteiger partial charge in [-0.3, -0.25) is 18.3 Å². The first-order chi connectivity index (χ1) is 42.7. The normalized spacial score (nSPS) is 12.2. The molecular formula is C76H46N10. The van der Waals surface area contributed by atoms with E-state index >= 15 is 0 Å². The van der Waals surface area contributed by atoms with Crippen molar-refractivity contribution in [2.75, 3.05) is 0 Å². The minimum atomic E-state index is 0.861. The SMILES string of the molecule is c1ccc(-n2c(-c3ccc4c(c3)c3c(-c5nc6ccccc6n5-c5ccccc5)ccc5c3n4c3ccc(-c4nc6ccccc6n4-c4ccccc4)c4c6cc(-c7nc8ccccc8n7-c7ccccc7)ccc6n5c43)nc3ccccc32)cc1. The number of aromatic nitrogens is 10. The maximum absolute atomic E-state index is 5.58. The number of benzene rings is 12. The van der Waals surface area contributed by atoms with E-state index in [1.54, 1.807) is 0 Å². The molecule has 400 valence electrons. The van der Waals surface area contributed by atoms with Crippen LogP contribution in [0.5, 0.6) is 0 Å². The molecule has 7 aromatic heterocycles. The number of nitrogens with zero attached hydrogens (tertiary/aromatic N) is 10. The van der Waals surface area contributed by atoms with Crippen molar-refractivity contribution in [3.8, 4) is 68.3 Å². The number of imidazole rings is 4. The lowest BCUT2D eigenvalue weighted by molar-refractivity contribution is 1.10. The van der Waals surface area contributed by atoms with Gasteiger partial charge in [0, 0.05) is 66.5 Å². The molecular weight excluding hydrogens is 1050 g/mol. The Hall–Kier alpha value is -11.9. The topological polar surface area (TPSA) is 80.1 Å². The van der Waals surface area contributed by atoms with Gasteiger partial charge < -0.3 is 8.80 Å². The maximum atomic E-state index is 5.58. The highest BCUT2D eigenvalue weighted by Crippen LogP contribution is 2.49. The summed E-state index contributed by atoms with van der Waals surface area (Å²) in [6, 6.07) is 99.4. The second kappa shape index (κ2) is 17.8. The summed E-state index contributed by atoms with van der Waals surface area (Å²) in [5.41, 5.74) is 22.5. The van der Waals surface area contributed by atoms with Crippen LogP contribution in [0.3, 0.4) is 0 Å². The summed E-state index contributed by atoms with van der Waals surface area (Å²) >= 11 is 0. The maximum Gasteiger partial charge on any atom is 0.146 e. The second-order valence-corrected chi connectivity index (χ2v) is 22.2. The molecule has 12 aromatic carbocycles. The Balaban J connectivity index is 0.979. The Morgan fingerprint density at radius 1 is 0.221 bits per heavy atom. The van der Waals surface area contributed by atoms with Gasteiger partial charge in [0.2, 0.25) is 0 Å². The van der Waals surface area contributed by atoms with Crippen LogP contribution in [0.15, 0.2) is 279 Å². The van der Waals surface area contributed by atoms with Crippen LogP contribution in [0.2, 0.25) is 0 Å². The summed E-state index contributed by atoms with van der Waals surface area (Å²) in [5, 5.41) is 4.37. The predicted molar refractivity (Wildman–Crippen MR) is 350 cm³/mol. The van der Waals surface area contributed by atoms with E-state index in [1.807, 2.05) is 0 Å². The molecule has 0 fully saturated rings. The van der Waals surface area contributed by atoms with Gasteiger partial charge in [-0.05, 0) is 158 Å². The first-order valence-corrected chi connectivity index (χ1v) is 29.1. The molecule has 7 heterocycles. The third-order valence-corrected chi connectivity index (χ3v) is 17.6. The molecule has 10 nitrogen and oxygen atoms in total. The average molecular weight is 1100 g/mol. The van der Waals surface area contributed by atoms with Gasteiger partial charge in [0.15, 0.2) is 0 Å². The van der Waals surface area contributed by atoms with E-state index in [0.717, 1.165) is 167 Å². The summed E-state index contributed by atoms with van der Waals surface area (Å²) in [5.74, 6) is 3.45. The number of fused-ring (bicyclic) bond motifs is 12. The fourth-order valence-electron chi connectivity index (χ4n) is 14.0. The van der Waals surface area contributed by atoms with Crippen LogP contribution in [-0.4, -0.2) is 47.0 Å². The van der Waals surface area contributed by atoms with Gasteiger partial charge in [0.1, 0.15) is 23.3 Å². The van der Waals surface area contributed by atoms with Gasteiger partial charge >= 0.3 is 0 Å². The Labute approximate surface area is 490 Å². The van der Waals surface area contributed by atoms with Crippen LogP contribution in [0, 0.1) is 0 Å². The third-order valence-electron chi connectivity index (χ3n) is 17.6. The van der Waals surface area contributed by atoms with Crippen molar-refractivity contribution in [2.24, 2.45) is 0 Å². The molecule has 0 radical (unpaired) electrons. The molecule has 19 rings (SSSR count). The van der Waals surface area contributed by atoms with Crippen molar-refractivity contribution >= 4 is 98.8 Å². The van der Waals surface area contributed by atoms with Crippen LogP contribution >= 0.6 is 0 Å². The van der Waals surface area contributed by atoms with E-state index < -0.39 is 0 Å². The van der Waals surface area contributed by atoms with Gasteiger partial charge in [-0.25, -0.2) is 19.9 Å². The van der Waals surface area contributed by atoms with Gasteiger partial charge in [-0.15, -0.1) is 0 Å². The lowest BCUT2D eigenvalue weighted by Gasteiger charge is -2.15. The quantitative estimate of drug-likeness (QED) is 0.142. The molecule has 0 amide bonds. The van der Waals surface area contributed by atoms with Crippen LogP contribution in [0.1, 0.15) is 0 Å². The van der Waals surface area contributed by atoms with E-state index in [4.69, 9.17) is 19.9 Å². The van der Waals surface area contributed by atoms with Crippen molar-refractivity contribution in [1.82, 2.24) is 47.0 Å². The highest BCUT2D eigenvalue weighted by molar-refractivity contribution is 6.27. The summed E-state index contributed by atoms with van der Waals surface area (Å²) in [7, 11) is 0. The van der Waals surface area contributed by atoms with Gasteiger partial charge in [-0.2, -0.15) is 0 Å². The summed E-state index contributed by atoms with van der Waals surface area (Å²) in [4.78, 5) is 22.0. The molecule has 0 spiro atoms. The number of hydrogen-bond donors (Lipinski definition) is 0. The van der Waals surface area contributed by atoms with Crippen LogP contribution in [0.4, 0.5) is 0 Å². The Morgan fingerprint density at radius 2 is 0.500 bits per heavy atom. The monoisotopic (exact) mass is 1100 g/mol. The largest absolute Gasteiger partial charge is 0.305 e. The van der Waals surface area contributed by atoms with Gasteiger partial charge in [0.05, 0.1) is 77.2 Å². The molecule has 0 aliphatic carbocycles. The van der Waals surface area contributed by atoms with Crippen LogP contribution in [-0.2, 0) is 0 Å². The van der Waals surface area contributed by atoms with Crippen molar-refractivity contribution in [1.29, 1.82) is 0 Å². The minimum Gasteiger partial charge on any atom is -0.305 e. The Morgan fingerprint density at radius 3 is 0.837 bits per heavy atom. The Kier molecular flexibility index (Phi) is 9.67. The molecule has 0 bridgehead atoms. The first-order valence-electron chi connectivity index (χ1n) is 29.1. The summed E-state index contributed by atoms with van der Waals surface area (Å²) in [6.07, 6.45) is 0. The van der Waals surface area contributed by atoms with Crippen LogP contribution in [0.25, 0.3) is 167 Å². The van der Waals surface area contributed by atoms with Gasteiger partial charge in [0.25, 0.3) is 0 Å². The highest BCUT2D eigenvalue weighted by atomic mass is 15.1. The first kappa shape index (κ1) is 46.7. The van der Waals surface area contributed by atoms with Gasteiger partial charge in [-0.1, -0.05) is 121 Å². The van der Waals surface area contributed by atoms with Crippen molar-refractivity contribution in [2.45, 2.75) is 0 Å². The standard InChI is InChI=1S/C76H46N10/c1-5-21-49(22-6-1)81-63-33-17-13-29-57(63)77-73(81)47-37-41-61-55(45-47)69-53(75-79-59-31-15-19-35-65(59)83(75)51-25-9-3-10-26-51)39-43-67-71(69)85(61)68-44-40-54(76-80-60-32-16-20-36-66(60)84(76)52-27-11-4-12-28-52)70-56-46-48(38-42-62(56)86(67)72(68)70)74-78-58-30-14-18-34-64(58)82(74)50-23-7-2-8-24-50/h1-46H. The van der Waals surface area contributed by atoms with Crippen molar-refractivity contribution in [3.05, 3.63) is 279 Å². The van der Waals surface area contributed by atoms with Crippen molar-refractivity contribution in [3.63, 3.8) is 0 Å². The smallest absolute Gasteiger partial charge is 0.146 e. The fraction of sp³-hybridized carbons (Fsp3) is 0. The van der Waals surface area contributed by atoms with E-state index in [-0.39, 0.29) is 0 Å². The summed E-state index contributed by atoms with van der Waals surface area (Å²) in [6.45, 7) is 0. The molecule has 0 aliphatic rings. The third kappa shape index (κ3) is 6.54. The zero-order valence-electron chi connectivity index (χ0n) is 46.0. The molecule has 0 unspecified atom stereocenters. The van der Waals surface area contributed by atoms with E-state index in [1.165, 1.54) is 0 Å². The molecule has 0 aliphatic heterocycles. The van der Waals surface area contributed by atoms with Crippen LogP contribution < -0.4 is 0 Å². The number of hydrogen-bond acceptors (Lipinski definition) is 4. The average Bonchev–Trinajstić information content (AvgIpc) is 1.53. The van der Waals surface area contributed by atoms with E-state index in [9.17, 15) is 0 Å². The zero-order valence-corrected chi connectivity index (χ0v) is 46.0. The predicted octanol–water partition coefficient (Wildman–Crippen LogP) is 18.3. The lowest BCUT2D eigenvalue weighted by atomic mass is 10.0. The molecule has 0 N–H and O–H groups in total. The molecule has 0 saturated carbocycles. The highest BCUT2D eigenvalue weighted by Gasteiger charge is 2.30. The molecule has 10 heteroatoms. The second-order valence-electron chi connectivity index (χ2n) is 22.2. The minimum absolute atomic E-state index is 0.861. The molecule has 19 aromatic rings. The Bertz CT molecular complexity index is 5570. The fourth-order valence-corrected chi connectivity index (χ4v) is 14.0. The lowest BCUT2D eigenvalue weighted by Crippen LogP contribution is -2.01. The summed E-state index contributed by atoms with van der Waals surface area (Å²) < 4.78 is 14.3. The molecule has 86 heavy (non-hydrogen) atoms. The zero-order chi connectivity index (χ0) is 56.1. The van der Waals surface area contributed by atoms with E-state index in [2.05, 4.69) is 306 Å². The van der Waals surface area contributed by atoms with E-state index in [0.29, 0.717) is 0 Å². The molecule has 0 atom stereocenters. The molecule has 0 saturated heterocycles. The number of para-hydroxylation sites is 12. The number of rotatable bonds is 8. The van der Waals surface area contributed by atoms with Crippen molar-refractivity contribution < 1.29 is 0 Å².